The fourth-order valence-electron chi connectivity index (χ4n) is 1.10. The van der Waals surface area contributed by atoms with Crippen molar-refractivity contribution >= 4 is 16.0 Å². The van der Waals surface area contributed by atoms with Crippen molar-refractivity contribution in [3.8, 4) is 6.07 Å². The van der Waals surface area contributed by atoms with Crippen LogP contribution in [-0.4, -0.2) is 42.6 Å². The summed E-state index contributed by atoms with van der Waals surface area (Å²) in [6.07, 6.45) is 1.21. The van der Waals surface area contributed by atoms with E-state index < -0.39 is 22.5 Å². The van der Waals surface area contributed by atoms with Gasteiger partial charge in [-0.15, -0.1) is 0 Å². The zero-order chi connectivity index (χ0) is 12.6. The molecule has 0 rings (SSSR count). The molecule has 0 aromatic carbocycles. The summed E-state index contributed by atoms with van der Waals surface area (Å²) in [5.41, 5.74) is 0. The van der Waals surface area contributed by atoms with Gasteiger partial charge < -0.3 is 5.11 Å². The minimum absolute atomic E-state index is 0.00135. The van der Waals surface area contributed by atoms with Crippen LogP contribution in [0.15, 0.2) is 0 Å². The third kappa shape index (κ3) is 5.68. The summed E-state index contributed by atoms with van der Waals surface area (Å²) in [6, 6.07) is 1.80. The fourth-order valence-corrected chi connectivity index (χ4v) is 2.69. The van der Waals surface area contributed by atoms with Crippen molar-refractivity contribution in [2.45, 2.75) is 26.2 Å². The molecule has 0 aromatic heterocycles. The molecule has 0 spiro atoms. The molecule has 0 amide bonds. The zero-order valence-corrected chi connectivity index (χ0v) is 10.0. The predicted octanol–water partition coefficient (Wildman–Crippen LogP) is 0.417. The normalized spacial score (nSPS) is 11.3. The Kier molecular flexibility index (Phi) is 6.69. The summed E-state index contributed by atoms with van der Waals surface area (Å²) < 4.78 is 24.2. The number of rotatable bonds is 8. The van der Waals surface area contributed by atoms with Crippen molar-refractivity contribution in [1.82, 2.24) is 4.31 Å². The molecule has 0 heterocycles. The van der Waals surface area contributed by atoms with E-state index in [2.05, 4.69) is 0 Å². The Bertz CT molecular complexity index is 358. The third-order valence-corrected chi connectivity index (χ3v) is 3.84. The predicted molar refractivity (Wildman–Crippen MR) is 58.1 cm³/mol. The lowest BCUT2D eigenvalue weighted by molar-refractivity contribution is -0.137. The minimum atomic E-state index is -3.55. The van der Waals surface area contributed by atoms with E-state index in [1.807, 2.05) is 6.92 Å². The fraction of sp³-hybridized carbons (Fsp3) is 0.778. The Morgan fingerprint density at radius 1 is 1.50 bits per heavy atom. The van der Waals surface area contributed by atoms with Crippen LogP contribution in [0.1, 0.15) is 26.2 Å². The van der Waals surface area contributed by atoms with Gasteiger partial charge in [0.1, 0.15) is 6.54 Å². The number of carboxylic acids is 1. The smallest absolute Gasteiger partial charge is 0.318 e. The van der Waals surface area contributed by atoms with Gasteiger partial charge in [0.2, 0.25) is 10.0 Å². The number of aliphatic carboxylic acids is 1. The van der Waals surface area contributed by atoms with E-state index >= 15 is 0 Å². The molecule has 92 valence electrons. The maximum atomic E-state index is 11.7. The molecular formula is C9H16N2O4S. The van der Waals surface area contributed by atoms with Crippen molar-refractivity contribution in [2.24, 2.45) is 0 Å². The number of unbranched alkanes of at least 4 members (excludes halogenated alkanes) is 1. The first-order chi connectivity index (χ1) is 7.44. The molecule has 0 aliphatic carbocycles. The van der Waals surface area contributed by atoms with Crippen LogP contribution in [0.2, 0.25) is 0 Å². The summed E-state index contributed by atoms with van der Waals surface area (Å²) in [6.45, 7) is 1.22. The zero-order valence-electron chi connectivity index (χ0n) is 9.22. The molecule has 16 heavy (non-hydrogen) atoms. The van der Waals surface area contributed by atoms with Crippen LogP contribution in [0.5, 0.6) is 0 Å². The SMILES string of the molecule is CCCCS(=O)(=O)N(CCC#N)CC(=O)O. The van der Waals surface area contributed by atoms with Crippen LogP contribution in [0.3, 0.4) is 0 Å². The van der Waals surface area contributed by atoms with Gasteiger partial charge in [0, 0.05) is 13.0 Å². The third-order valence-electron chi connectivity index (χ3n) is 1.93. The maximum absolute atomic E-state index is 11.7. The lowest BCUT2D eigenvalue weighted by atomic mass is 10.4. The van der Waals surface area contributed by atoms with Gasteiger partial charge in [-0.3, -0.25) is 4.79 Å². The summed E-state index contributed by atoms with van der Waals surface area (Å²) in [5, 5.41) is 17.0. The standard InChI is InChI=1S/C9H16N2O4S/c1-2-3-7-16(14,15)11(6-4-5-10)8-9(12)13/h2-4,6-8H2,1H3,(H,12,13). The molecule has 0 aliphatic heterocycles. The van der Waals surface area contributed by atoms with Gasteiger partial charge in [-0.05, 0) is 6.42 Å². The average molecular weight is 248 g/mol. The number of sulfonamides is 1. The molecule has 0 saturated heterocycles. The molecule has 0 aromatic rings. The summed E-state index contributed by atoms with van der Waals surface area (Å²) in [5.74, 6) is -1.28. The molecule has 1 N–H and O–H groups in total. The minimum Gasteiger partial charge on any atom is -0.480 e. The number of carboxylic acid groups (broad SMARTS) is 1. The van der Waals surface area contributed by atoms with Crippen LogP contribution >= 0.6 is 0 Å². The molecule has 0 fully saturated rings. The van der Waals surface area contributed by atoms with Gasteiger partial charge in [-0.1, -0.05) is 13.3 Å². The topological polar surface area (TPSA) is 98.5 Å². The Hall–Kier alpha value is -1.13. The van der Waals surface area contributed by atoms with E-state index in [0.29, 0.717) is 6.42 Å². The number of hydrogen-bond acceptors (Lipinski definition) is 4. The van der Waals surface area contributed by atoms with Crippen molar-refractivity contribution < 1.29 is 18.3 Å². The second-order valence-electron chi connectivity index (χ2n) is 3.30. The molecule has 7 heteroatoms. The summed E-state index contributed by atoms with van der Waals surface area (Å²) in [4.78, 5) is 10.5. The van der Waals surface area contributed by atoms with Gasteiger partial charge in [-0.25, -0.2) is 8.42 Å². The lowest BCUT2D eigenvalue weighted by Crippen LogP contribution is -2.37. The highest BCUT2D eigenvalue weighted by molar-refractivity contribution is 7.89. The first-order valence-electron chi connectivity index (χ1n) is 5.00. The molecule has 6 nitrogen and oxygen atoms in total. The van der Waals surface area contributed by atoms with Crippen LogP contribution in [0.25, 0.3) is 0 Å². The van der Waals surface area contributed by atoms with Gasteiger partial charge in [0.25, 0.3) is 0 Å². The number of carbonyl (C=O) groups is 1. The largest absolute Gasteiger partial charge is 0.480 e. The van der Waals surface area contributed by atoms with E-state index in [1.54, 1.807) is 6.07 Å². The molecule has 0 unspecified atom stereocenters. The molecular weight excluding hydrogens is 232 g/mol. The Morgan fingerprint density at radius 3 is 2.56 bits per heavy atom. The van der Waals surface area contributed by atoms with Crippen LogP contribution in [0, 0.1) is 11.3 Å². The highest BCUT2D eigenvalue weighted by Crippen LogP contribution is 2.05. The summed E-state index contributed by atoms with van der Waals surface area (Å²) >= 11 is 0. The van der Waals surface area contributed by atoms with Gasteiger partial charge >= 0.3 is 5.97 Å². The van der Waals surface area contributed by atoms with E-state index in [0.717, 1.165) is 10.7 Å². The van der Waals surface area contributed by atoms with Crippen LogP contribution < -0.4 is 0 Å². The monoisotopic (exact) mass is 248 g/mol. The number of nitrogens with zero attached hydrogens (tertiary/aromatic N) is 2. The number of hydrogen-bond donors (Lipinski definition) is 1. The van der Waals surface area contributed by atoms with Crippen molar-refractivity contribution in [2.75, 3.05) is 18.8 Å². The van der Waals surface area contributed by atoms with Crippen LogP contribution in [0.4, 0.5) is 0 Å². The molecule has 0 saturated carbocycles. The van der Waals surface area contributed by atoms with E-state index in [9.17, 15) is 13.2 Å². The summed E-state index contributed by atoms with van der Waals surface area (Å²) in [7, 11) is -3.55. The quantitative estimate of drug-likeness (QED) is 0.671. The molecule has 0 radical (unpaired) electrons. The van der Waals surface area contributed by atoms with E-state index in [1.165, 1.54) is 0 Å². The van der Waals surface area contributed by atoms with Crippen molar-refractivity contribution in [3.63, 3.8) is 0 Å². The highest BCUT2D eigenvalue weighted by atomic mass is 32.2. The average Bonchev–Trinajstić information content (AvgIpc) is 2.20. The Morgan fingerprint density at radius 2 is 2.12 bits per heavy atom. The Labute approximate surface area is 95.5 Å². The first-order valence-corrected chi connectivity index (χ1v) is 6.61. The lowest BCUT2D eigenvalue weighted by Gasteiger charge is -2.18. The van der Waals surface area contributed by atoms with Crippen molar-refractivity contribution in [3.05, 3.63) is 0 Å². The van der Waals surface area contributed by atoms with E-state index in [4.69, 9.17) is 10.4 Å². The maximum Gasteiger partial charge on any atom is 0.318 e. The van der Waals surface area contributed by atoms with Gasteiger partial charge in [-0.2, -0.15) is 9.57 Å². The van der Waals surface area contributed by atoms with Gasteiger partial charge in [0.05, 0.1) is 11.8 Å². The number of nitriles is 1. The van der Waals surface area contributed by atoms with Crippen LogP contribution in [-0.2, 0) is 14.8 Å². The van der Waals surface area contributed by atoms with Gasteiger partial charge in [0.15, 0.2) is 0 Å². The molecule has 0 bridgehead atoms. The second kappa shape index (κ2) is 7.19. The van der Waals surface area contributed by atoms with E-state index in [-0.39, 0.29) is 18.7 Å². The molecule has 0 atom stereocenters. The first kappa shape index (κ1) is 14.9. The molecule has 0 aliphatic rings. The van der Waals surface area contributed by atoms with Crippen molar-refractivity contribution in [1.29, 1.82) is 5.26 Å². The Balaban J connectivity index is 4.59. The highest BCUT2D eigenvalue weighted by Gasteiger charge is 2.23. The second-order valence-corrected chi connectivity index (χ2v) is 5.39.